The van der Waals surface area contributed by atoms with E-state index in [-0.39, 0.29) is 30.6 Å². The third kappa shape index (κ3) is 5.15. The first-order valence-corrected chi connectivity index (χ1v) is 10.4. The number of hydrogen-bond acceptors (Lipinski definition) is 6. The van der Waals surface area contributed by atoms with E-state index in [1.54, 1.807) is 36.9 Å². The van der Waals surface area contributed by atoms with E-state index >= 15 is 0 Å². The van der Waals surface area contributed by atoms with Crippen molar-refractivity contribution < 1.29 is 33.8 Å². The summed E-state index contributed by atoms with van der Waals surface area (Å²) in [5, 5.41) is 11.6. The first-order chi connectivity index (χ1) is 14.6. The number of nitrogens with one attached hydrogen (secondary N) is 1. The molecule has 0 bridgehead atoms. The SMILES string of the molecule is CC(=O)N1CCC2(CC1)CC(=O)c1ccc(OCC(=O)NC(C(=O)O)C(C)C)cc1O2. The van der Waals surface area contributed by atoms with Gasteiger partial charge in [-0.25, -0.2) is 4.79 Å². The Morgan fingerprint density at radius 3 is 2.52 bits per heavy atom. The summed E-state index contributed by atoms with van der Waals surface area (Å²) in [6.07, 6.45) is 1.40. The van der Waals surface area contributed by atoms with Crippen molar-refractivity contribution >= 4 is 23.6 Å². The Bertz CT molecular complexity index is 888. The van der Waals surface area contributed by atoms with Crippen LogP contribution in [0, 0.1) is 5.92 Å². The van der Waals surface area contributed by atoms with Gasteiger partial charge in [0.25, 0.3) is 5.91 Å². The number of nitrogens with zero attached hydrogens (tertiary/aromatic N) is 1. The summed E-state index contributed by atoms with van der Waals surface area (Å²) in [4.78, 5) is 49.3. The van der Waals surface area contributed by atoms with Gasteiger partial charge in [-0.15, -0.1) is 0 Å². The number of likely N-dealkylation sites (tertiary alicyclic amines) is 1. The largest absolute Gasteiger partial charge is 0.486 e. The van der Waals surface area contributed by atoms with Crippen LogP contribution < -0.4 is 14.8 Å². The first-order valence-electron chi connectivity index (χ1n) is 10.4. The fourth-order valence-electron chi connectivity index (χ4n) is 3.95. The molecule has 168 valence electrons. The normalized spacial score (nSPS) is 18.2. The summed E-state index contributed by atoms with van der Waals surface area (Å²) in [6, 6.07) is 3.77. The minimum Gasteiger partial charge on any atom is -0.486 e. The molecule has 1 aromatic carbocycles. The predicted molar refractivity (Wildman–Crippen MR) is 110 cm³/mol. The maximum atomic E-state index is 12.7. The molecule has 2 amide bonds. The molecule has 0 saturated carbocycles. The Labute approximate surface area is 180 Å². The molecule has 1 atom stereocenters. The number of ether oxygens (including phenoxy) is 2. The molecule has 2 aliphatic heterocycles. The molecule has 0 aromatic heterocycles. The quantitative estimate of drug-likeness (QED) is 0.701. The molecule has 2 heterocycles. The number of piperidine rings is 1. The van der Waals surface area contributed by atoms with E-state index < -0.39 is 23.5 Å². The van der Waals surface area contributed by atoms with Crippen LogP contribution in [0.25, 0.3) is 0 Å². The maximum absolute atomic E-state index is 12.7. The van der Waals surface area contributed by atoms with Crippen LogP contribution in [0.2, 0.25) is 0 Å². The van der Waals surface area contributed by atoms with E-state index in [2.05, 4.69) is 5.32 Å². The second-order valence-electron chi connectivity index (χ2n) is 8.47. The second kappa shape index (κ2) is 8.95. The molecule has 1 spiro atoms. The summed E-state index contributed by atoms with van der Waals surface area (Å²) in [5.74, 6) is -1.20. The van der Waals surface area contributed by atoms with Gasteiger partial charge in [-0.05, 0) is 18.1 Å². The van der Waals surface area contributed by atoms with Gasteiger partial charge >= 0.3 is 5.97 Å². The molecular weight excluding hydrogens is 404 g/mol. The predicted octanol–water partition coefficient (Wildman–Crippen LogP) is 1.64. The number of carboxylic acid groups (broad SMARTS) is 1. The van der Waals surface area contributed by atoms with Crippen molar-refractivity contribution in [2.45, 2.75) is 51.7 Å². The molecule has 9 heteroatoms. The third-order valence-corrected chi connectivity index (χ3v) is 5.80. The molecule has 1 saturated heterocycles. The van der Waals surface area contributed by atoms with Gasteiger partial charge in [0, 0.05) is 38.9 Å². The lowest BCUT2D eigenvalue weighted by atomic mass is 9.82. The first kappa shape index (κ1) is 22.6. The van der Waals surface area contributed by atoms with Crippen LogP contribution in [0.15, 0.2) is 18.2 Å². The molecular formula is C22H28N2O7. The summed E-state index contributed by atoms with van der Waals surface area (Å²) >= 11 is 0. The van der Waals surface area contributed by atoms with E-state index in [1.165, 1.54) is 6.92 Å². The Morgan fingerprint density at radius 1 is 1.26 bits per heavy atom. The van der Waals surface area contributed by atoms with Gasteiger partial charge in [-0.1, -0.05) is 13.8 Å². The Kier molecular flexibility index (Phi) is 6.52. The maximum Gasteiger partial charge on any atom is 0.326 e. The zero-order valence-corrected chi connectivity index (χ0v) is 18.0. The van der Waals surface area contributed by atoms with E-state index in [1.807, 2.05) is 0 Å². The lowest BCUT2D eigenvalue weighted by Gasteiger charge is -2.43. The van der Waals surface area contributed by atoms with Gasteiger partial charge < -0.3 is 24.8 Å². The average molecular weight is 432 g/mol. The number of carboxylic acids is 1. The van der Waals surface area contributed by atoms with Crippen molar-refractivity contribution in [3.05, 3.63) is 23.8 Å². The highest BCUT2D eigenvalue weighted by Gasteiger charge is 2.43. The number of fused-ring (bicyclic) bond motifs is 1. The highest BCUT2D eigenvalue weighted by atomic mass is 16.5. The molecule has 2 aliphatic rings. The summed E-state index contributed by atoms with van der Waals surface area (Å²) in [6.45, 7) is 5.65. The number of benzene rings is 1. The fraction of sp³-hybridized carbons (Fsp3) is 0.545. The van der Waals surface area contributed by atoms with Crippen molar-refractivity contribution in [2.75, 3.05) is 19.7 Å². The summed E-state index contributed by atoms with van der Waals surface area (Å²) in [7, 11) is 0. The minimum atomic E-state index is -1.11. The number of ketones is 1. The highest BCUT2D eigenvalue weighted by Crippen LogP contribution is 2.40. The van der Waals surface area contributed by atoms with Crippen molar-refractivity contribution in [2.24, 2.45) is 5.92 Å². The molecule has 3 rings (SSSR count). The monoisotopic (exact) mass is 432 g/mol. The lowest BCUT2D eigenvalue weighted by Crippen LogP contribution is -2.51. The zero-order valence-electron chi connectivity index (χ0n) is 18.0. The fourth-order valence-corrected chi connectivity index (χ4v) is 3.95. The van der Waals surface area contributed by atoms with Crippen molar-refractivity contribution in [1.82, 2.24) is 10.2 Å². The Morgan fingerprint density at radius 2 is 1.94 bits per heavy atom. The van der Waals surface area contributed by atoms with Gasteiger partial charge in [0.05, 0.1) is 12.0 Å². The molecule has 1 fully saturated rings. The zero-order chi connectivity index (χ0) is 22.8. The summed E-state index contributed by atoms with van der Waals surface area (Å²) < 4.78 is 11.7. The summed E-state index contributed by atoms with van der Waals surface area (Å²) in [5.41, 5.74) is -0.181. The van der Waals surface area contributed by atoms with Gasteiger partial charge in [0.15, 0.2) is 12.4 Å². The van der Waals surface area contributed by atoms with Crippen LogP contribution in [-0.4, -0.2) is 64.9 Å². The van der Waals surface area contributed by atoms with Crippen LogP contribution >= 0.6 is 0 Å². The van der Waals surface area contributed by atoms with Crippen LogP contribution in [0.3, 0.4) is 0 Å². The number of carbonyl (C=O) groups is 4. The van der Waals surface area contributed by atoms with E-state index in [9.17, 15) is 24.3 Å². The van der Waals surface area contributed by atoms with E-state index in [0.29, 0.717) is 43.0 Å². The molecule has 9 nitrogen and oxygen atoms in total. The van der Waals surface area contributed by atoms with Gasteiger partial charge in [-0.2, -0.15) is 0 Å². The highest BCUT2D eigenvalue weighted by molar-refractivity contribution is 6.00. The standard InChI is InChI=1S/C22H28N2O7/c1-13(2)20(21(28)29)23-19(27)12-30-15-4-5-16-17(26)11-22(31-18(16)10-15)6-8-24(9-7-22)14(3)25/h4-5,10,13,20H,6-9,11-12H2,1-3H3,(H,23,27)(H,28,29). The van der Waals surface area contributed by atoms with Crippen LogP contribution in [0.1, 0.15) is 50.4 Å². The number of hydrogen-bond donors (Lipinski definition) is 2. The van der Waals surface area contributed by atoms with Crippen LogP contribution in [0.4, 0.5) is 0 Å². The van der Waals surface area contributed by atoms with Crippen LogP contribution in [-0.2, 0) is 14.4 Å². The van der Waals surface area contributed by atoms with Crippen molar-refractivity contribution in [3.63, 3.8) is 0 Å². The molecule has 1 unspecified atom stereocenters. The topological polar surface area (TPSA) is 122 Å². The minimum absolute atomic E-state index is 0.00829. The number of aliphatic carboxylic acids is 1. The van der Waals surface area contributed by atoms with Crippen molar-refractivity contribution in [3.8, 4) is 11.5 Å². The lowest BCUT2D eigenvalue weighted by molar-refractivity contribution is -0.143. The Balaban J connectivity index is 1.65. The molecule has 2 N–H and O–H groups in total. The van der Waals surface area contributed by atoms with Gasteiger partial charge in [0.2, 0.25) is 5.91 Å². The van der Waals surface area contributed by atoms with Crippen LogP contribution in [0.5, 0.6) is 11.5 Å². The van der Waals surface area contributed by atoms with E-state index in [0.717, 1.165) is 0 Å². The second-order valence-corrected chi connectivity index (χ2v) is 8.47. The molecule has 0 aliphatic carbocycles. The Hall–Kier alpha value is -3.10. The molecule has 1 aromatic rings. The van der Waals surface area contributed by atoms with Gasteiger partial charge in [-0.3, -0.25) is 14.4 Å². The smallest absolute Gasteiger partial charge is 0.326 e. The molecule has 0 radical (unpaired) electrons. The molecule has 31 heavy (non-hydrogen) atoms. The van der Waals surface area contributed by atoms with Gasteiger partial charge in [0.1, 0.15) is 23.1 Å². The van der Waals surface area contributed by atoms with E-state index in [4.69, 9.17) is 9.47 Å². The average Bonchev–Trinajstić information content (AvgIpc) is 2.70. The third-order valence-electron chi connectivity index (χ3n) is 5.80. The number of carbonyl (C=O) groups excluding carboxylic acids is 3. The number of amides is 2. The number of Topliss-reactive ketones (excluding diaryl/α,β-unsaturated/α-hetero) is 1. The number of rotatable bonds is 6. The van der Waals surface area contributed by atoms with Crippen molar-refractivity contribution in [1.29, 1.82) is 0 Å².